The number of aromatic nitrogens is 2. The predicted octanol–water partition coefficient (Wildman–Crippen LogP) is 3.14. The number of nitrogens with zero attached hydrogens (tertiary/aromatic N) is 4. The van der Waals surface area contributed by atoms with Crippen LogP contribution in [0.5, 0.6) is 0 Å². The average Bonchev–Trinajstić information content (AvgIpc) is 3.16. The summed E-state index contributed by atoms with van der Waals surface area (Å²) in [5.41, 5.74) is 1.43. The minimum absolute atomic E-state index is 0.253. The van der Waals surface area contributed by atoms with Crippen LogP contribution in [0.2, 0.25) is 0 Å². The number of fused-ring (bicyclic) bond motifs is 4. The number of aryl methyl sites for hydroxylation is 1. The van der Waals surface area contributed by atoms with Gasteiger partial charge in [0.25, 0.3) is 0 Å². The molecule has 3 aliphatic heterocycles. The fourth-order valence-corrected chi connectivity index (χ4v) is 6.06. The first-order chi connectivity index (χ1) is 14.2. The van der Waals surface area contributed by atoms with Gasteiger partial charge in [0.1, 0.15) is 12.4 Å². The second-order valence-corrected chi connectivity index (χ2v) is 9.21. The minimum atomic E-state index is 0.253. The molecular weight excluding hydrogens is 360 g/mol. The lowest BCUT2D eigenvalue weighted by atomic mass is 9.71. The Labute approximate surface area is 173 Å². The van der Waals surface area contributed by atoms with E-state index in [1.54, 1.807) is 6.20 Å². The number of amides is 1. The smallest absolute Gasteiger partial charge is 0.242 e. The van der Waals surface area contributed by atoms with Crippen molar-refractivity contribution < 1.29 is 4.79 Å². The van der Waals surface area contributed by atoms with Crippen LogP contribution in [0.4, 0.5) is 0 Å². The van der Waals surface area contributed by atoms with E-state index >= 15 is 0 Å². The third-order valence-electron chi connectivity index (χ3n) is 7.49. The van der Waals surface area contributed by atoms with Crippen LogP contribution in [0.3, 0.4) is 0 Å². The van der Waals surface area contributed by atoms with E-state index in [1.165, 1.54) is 37.8 Å². The van der Waals surface area contributed by atoms with E-state index in [4.69, 9.17) is 0 Å². The van der Waals surface area contributed by atoms with Crippen LogP contribution in [-0.4, -0.2) is 57.0 Å². The molecule has 0 saturated carbocycles. The monoisotopic (exact) mass is 392 g/mol. The van der Waals surface area contributed by atoms with Crippen molar-refractivity contribution in [3.8, 4) is 0 Å². The normalized spacial score (nSPS) is 29.5. The van der Waals surface area contributed by atoms with E-state index < -0.39 is 0 Å². The van der Waals surface area contributed by atoms with Crippen molar-refractivity contribution in [2.75, 3.05) is 19.6 Å². The lowest BCUT2D eigenvalue weighted by molar-refractivity contribution is -0.141. The van der Waals surface area contributed by atoms with Crippen molar-refractivity contribution in [3.63, 3.8) is 0 Å². The van der Waals surface area contributed by atoms with Gasteiger partial charge >= 0.3 is 0 Å². The maximum atomic E-state index is 13.1. The van der Waals surface area contributed by atoms with Crippen LogP contribution in [0.1, 0.15) is 37.1 Å². The minimum Gasteiger partial charge on any atom is -0.340 e. The Kier molecular flexibility index (Phi) is 5.17. The zero-order chi connectivity index (χ0) is 19.8. The first-order valence-corrected chi connectivity index (χ1v) is 11.2. The Bertz CT molecular complexity index is 848. The van der Waals surface area contributed by atoms with Crippen molar-refractivity contribution in [2.24, 2.45) is 11.8 Å². The number of rotatable bonds is 4. The first-order valence-electron chi connectivity index (χ1n) is 11.2. The largest absolute Gasteiger partial charge is 0.340 e. The van der Waals surface area contributed by atoms with Gasteiger partial charge in [0.05, 0.1) is 0 Å². The lowest BCUT2D eigenvalue weighted by Crippen LogP contribution is -2.64. The number of benzene rings is 1. The van der Waals surface area contributed by atoms with Gasteiger partial charge in [0, 0.05) is 37.6 Å². The molecule has 154 valence electrons. The summed E-state index contributed by atoms with van der Waals surface area (Å²) in [6.45, 7) is 5.46. The maximum absolute atomic E-state index is 13.1. The van der Waals surface area contributed by atoms with Gasteiger partial charge in [0.2, 0.25) is 5.91 Å². The Balaban J connectivity index is 1.36. The van der Waals surface area contributed by atoms with Gasteiger partial charge in [-0.2, -0.15) is 0 Å². The van der Waals surface area contributed by atoms with E-state index in [2.05, 4.69) is 45.1 Å². The van der Waals surface area contributed by atoms with Gasteiger partial charge in [0.15, 0.2) is 0 Å². The van der Waals surface area contributed by atoms with Crippen LogP contribution in [0, 0.1) is 18.8 Å². The second kappa shape index (κ2) is 7.94. The molecule has 0 N–H and O–H groups in total. The number of piperidine rings is 3. The topological polar surface area (TPSA) is 41.4 Å². The van der Waals surface area contributed by atoms with Gasteiger partial charge in [-0.1, -0.05) is 36.8 Å². The third kappa shape index (κ3) is 3.73. The Morgan fingerprint density at radius 1 is 1.14 bits per heavy atom. The van der Waals surface area contributed by atoms with Crippen molar-refractivity contribution in [3.05, 3.63) is 54.1 Å². The summed E-state index contributed by atoms with van der Waals surface area (Å²) in [5, 5.41) is 0. The van der Waals surface area contributed by atoms with Gasteiger partial charge < -0.3 is 9.47 Å². The van der Waals surface area contributed by atoms with Gasteiger partial charge in [-0.3, -0.25) is 9.69 Å². The van der Waals surface area contributed by atoms with Crippen molar-refractivity contribution >= 4 is 5.91 Å². The van der Waals surface area contributed by atoms with E-state index in [1.807, 2.05) is 17.7 Å². The zero-order valence-corrected chi connectivity index (χ0v) is 17.4. The number of imidazole rings is 1. The number of hydrogen-bond donors (Lipinski definition) is 0. The van der Waals surface area contributed by atoms with Crippen LogP contribution in [0.25, 0.3) is 0 Å². The molecule has 1 aromatic carbocycles. The summed E-state index contributed by atoms with van der Waals surface area (Å²) in [7, 11) is 0. The predicted molar refractivity (Wildman–Crippen MR) is 113 cm³/mol. The highest BCUT2D eigenvalue weighted by Gasteiger charge is 2.47. The van der Waals surface area contributed by atoms with Crippen LogP contribution < -0.4 is 0 Å². The SMILES string of the molecule is Cc1nccn1CC(=O)N1C[C@H]2C[C@@H](C1)[C@H](Cc1ccccc1)N1CCCC[C@@H]21. The molecule has 3 fully saturated rings. The molecule has 0 radical (unpaired) electrons. The van der Waals surface area contributed by atoms with Crippen LogP contribution in [-0.2, 0) is 17.8 Å². The van der Waals surface area contributed by atoms with E-state index in [-0.39, 0.29) is 5.91 Å². The highest BCUT2D eigenvalue weighted by atomic mass is 16.2. The Hall–Kier alpha value is -2.14. The molecule has 4 heterocycles. The molecule has 1 aromatic heterocycles. The van der Waals surface area contributed by atoms with Crippen molar-refractivity contribution in [2.45, 2.75) is 57.7 Å². The summed E-state index contributed by atoms with van der Waals surface area (Å²) in [6.07, 6.45) is 10.0. The molecule has 2 bridgehead atoms. The maximum Gasteiger partial charge on any atom is 0.242 e. The Morgan fingerprint density at radius 3 is 2.76 bits per heavy atom. The molecule has 0 spiro atoms. The molecule has 4 atom stereocenters. The molecule has 5 rings (SSSR count). The highest BCUT2D eigenvalue weighted by Crippen LogP contribution is 2.42. The molecule has 29 heavy (non-hydrogen) atoms. The quantitative estimate of drug-likeness (QED) is 0.803. The van der Waals surface area contributed by atoms with Gasteiger partial charge in [-0.05, 0) is 56.6 Å². The zero-order valence-electron chi connectivity index (χ0n) is 17.4. The van der Waals surface area contributed by atoms with Crippen LogP contribution >= 0.6 is 0 Å². The van der Waals surface area contributed by atoms with E-state index in [0.717, 1.165) is 25.3 Å². The molecule has 0 unspecified atom stereocenters. The van der Waals surface area contributed by atoms with E-state index in [0.29, 0.717) is 30.5 Å². The summed E-state index contributed by atoms with van der Waals surface area (Å²) in [5.74, 6) is 2.38. The fourth-order valence-electron chi connectivity index (χ4n) is 6.06. The summed E-state index contributed by atoms with van der Waals surface area (Å²) < 4.78 is 1.97. The highest BCUT2D eigenvalue weighted by molar-refractivity contribution is 5.76. The average molecular weight is 393 g/mol. The number of hydrogen-bond acceptors (Lipinski definition) is 3. The second-order valence-electron chi connectivity index (χ2n) is 9.21. The summed E-state index contributed by atoms with van der Waals surface area (Å²) in [4.78, 5) is 22.4. The van der Waals surface area contributed by atoms with Crippen molar-refractivity contribution in [1.82, 2.24) is 19.4 Å². The third-order valence-corrected chi connectivity index (χ3v) is 7.49. The number of carbonyl (C=O) groups is 1. The van der Waals surface area contributed by atoms with Crippen LogP contribution in [0.15, 0.2) is 42.7 Å². The Morgan fingerprint density at radius 2 is 1.97 bits per heavy atom. The molecule has 3 saturated heterocycles. The molecule has 0 aliphatic carbocycles. The standard InChI is InChI=1S/C24H32N4O/c1-18-25-10-12-26(18)17-24(29)27-15-20-14-21(16-27)23(13-19-7-3-2-4-8-19)28-11-6-5-9-22(20)28/h2-4,7-8,10,12,20-23H,5-6,9,11,13-17H2,1H3/t20-,21+,22+,23+/m1/s1. The first kappa shape index (κ1) is 18.9. The summed E-state index contributed by atoms with van der Waals surface area (Å²) in [6, 6.07) is 12.1. The molecule has 3 aliphatic rings. The van der Waals surface area contributed by atoms with Gasteiger partial charge in [-0.15, -0.1) is 0 Å². The molecule has 2 aromatic rings. The van der Waals surface area contributed by atoms with E-state index in [9.17, 15) is 4.79 Å². The van der Waals surface area contributed by atoms with Gasteiger partial charge in [-0.25, -0.2) is 4.98 Å². The summed E-state index contributed by atoms with van der Waals surface area (Å²) >= 11 is 0. The molecular formula is C24H32N4O. The fraction of sp³-hybridized carbons (Fsp3) is 0.583. The van der Waals surface area contributed by atoms with Crippen molar-refractivity contribution in [1.29, 1.82) is 0 Å². The molecule has 1 amide bonds. The lowest BCUT2D eigenvalue weighted by Gasteiger charge is -2.57. The molecule has 5 heteroatoms. The number of carbonyl (C=O) groups excluding carboxylic acids is 1. The number of likely N-dealkylation sites (tertiary alicyclic amines) is 1. The molecule has 5 nitrogen and oxygen atoms in total.